The summed E-state index contributed by atoms with van der Waals surface area (Å²) in [4.78, 5) is 11.7. The smallest absolute Gasteiger partial charge is 0.233 e. The van der Waals surface area contributed by atoms with Crippen LogP contribution in [0.4, 0.5) is 0 Å². The van der Waals surface area contributed by atoms with Crippen LogP contribution in [-0.2, 0) is 4.79 Å². The fraction of sp³-hybridized carbons (Fsp3) is 0.900. The second-order valence-corrected chi connectivity index (χ2v) is 5.59. The number of nitrogens with one attached hydrogen (secondary N) is 1. The van der Waals surface area contributed by atoms with Gasteiger partial charge < -0.3 is 11.1 Å². The van der Waals surface area contributed by atoms with Crippen LogP contribution in [0.15, 0.2) is 0 Å². The molecule has 1 amide bonds. The predicted octanol–water partition coefficient (Wildman–Crippen LogP) is 0.878. The zero-order valence-electron chi connectivity index (χ0n) is 8.37. The summed E-state index contributed by atoms with van der Waals surface area (Å²) in [5.74, 6) is 1.38. The Bertz CT molecular complexity index is 216. The maximum atomic E-state index is 11.7. The third-order valence-corrected chi connectivity index (χ3v) is 4.42. The van der Waals surface area contributed by atoms with Crippen LogP contribution >= 0.6 is 11.8 Å². The van der Waals surface area contributed by atoms with Crippen LogP contribution in [-0.4, -0.2) is 29.0 Å². The molecular weight excluding hydrogens is 196 g/mol. The summed E-state index contributed by atoms with van der Waals surface area (Å²) in [7, 11) is 0. The molecule has 2 aliphatic rings. The molecule has 2 rings (SSSR count). The third kappa shape index (κ3) is 2.42. The molecule has 0 aromatic carbocycles. The third-order valence-electron chi connectivity index (χ3n) is 3.04. The molecular formula is C10H18N2OS. The van der Waals surface area contributed by atoms with Crippen molar-refractivity contribution < 1.29 is 4.79 Å². The highest BCUT2D eigenvalue weighted by Gasteiger charge is 2.28. The summed E-state index contributed by atoms with van der Waals surface area (Å²) in [5, 5.41) is 3.33. The van der Waals surface area contributed by atoms with Gasteiger partial charge in [0.25, 0.3) is 0 Å². The Morgan fingerprint density at radius 1 is 1.36 bits per heavy atom. The Morgan fingerprint density at radius 3 is 2.79 bits per heavy atom. The van der Waals surface area contributed by atoms with Crippen molar-refractivity contribution in [3.05, 3.63) is 0 Å². The van der Waals surface area contributed by atoms with Crippen molar-refractivity contribution in [1.82, 2.24) is 5.32 Å². The molecule has 4 heteroatoms. The number of rotatable bonds is 2. The molecule has 3 nitrogen and oxygen atoms in total. The normalized spacial score (nSPS) is 37.4. The van der Waals surface area contributed by atoms with Gasteiger partial charge in [0.05, 0.1) is 5.25 Å². The molecule has 1 heterocycles. The maximum Gasteiger partial charge on any atom is 0.233 e. The minimum Gasteiger partial charge on any atom is -0.352 e. The van der Waals surface area contributed by atoms with Crippen molar-refractivity contribution in [2.45, 2.75) is 49.4 Å². The van der Waals surface area contributed by atoms with Crippen molar-refractivity contribution in [3.63, 3.8) is 0 Å². The van der Waals surface area contributed by atoms with Crippen LogP contribution in [0, 0.1) is 0 Å². The van der Waals surface area contributed by atoms with E-state index in [9.17, 15) is 4.79 Å². The first kappa shape index (κ1) is 10.3. The lowest BCUT2D eigenvalue weighted by Gasteiger charge is -2.15. The fourth-order valence-electron chi connectivity index (χ4n) is 2.23. The van der Waals surface area contributed by atoms with Crippen molar-refractivity contribution >= 4 is 17.7 Å². The number of carbonyl (C=O) groups excluding carboxylic acids is 1. The molecule has 80 valence electrons. The highest BCUT2D eigenvalue weighted by atomic mass is 32.2. The van der Waals surface area contributed by atoms with E-state index < -0.39 is 0 Å². The zero-order chi connectivity index (χ0) is 9.97. The minimum atomic E-state index is 0.215. The molecule has 2 fully saturated rings. The van der Waals surface area contributed by atoms with E-state index in [0.717, 1.165) is 31.4 Å². The standard InChI is InChI=1S/C10H18N2OS/c11-7-3-4-8(6-7)12-10(13)9-2-1-5-14-9/h7-9H,1-6,11H2,(H,12,13). The quantitative estimate of drug-likeness (QED) is 0.717. The second kappa shape index (κ2) is 4.53. The first-order valence-corrected chi connectivity index (χ1v) is 6.48. The summed E-state index contributed by atoms with van der Waals surface area (Å²) < 4.78 is 0. The van der Waals surface area contributed by atoms with Crippen LogP contribution in [0.1, 0.15) is 32.1 Å². The van der Waals surface area contributed by atoms with Gasteiger partial charge in [-0.2, -0.15) is 0 Å². The van der Waals surface area contributed by atoms with E-state index in [-0.39, 0.29) is 11.2 Å². The van der Waals surface area contributed by atoms with Gasteiger partial charge in [0.1, 0.15) is 0 Å². The highest BCUT2D eigenvalue weighted by molar-refractivity contribution is 8.00. The van der Waals surface area contributed by atoms with Gasteiger partial charge in [0.15, 0.2) is 0 Å². The van der Waals surface area contributed by atoms with Gasteiger partial charge in [-0.1, -0.05) is 0 Å². The van der Waals surface area contributed by atoms with Gasteiger partial charge in [0.2, 0.25) is 5.91 Å². The molecule has 0 bridgehead atoms. The van der Waals surface area contributed by atoms with Crippen LogP contribution in [0.5, 0.6) is 0 Å². The zero-order valence-corrected chi connectivity index (χ0v) is 9.19. The van der Waals surface area contributed by atoms with Crippen molar-refractivity contribution in [2.24, 2.45) is 5.73 Å². The molecule has 14 heavy (non-hydrogen) atoms. The van der Waals surface area contributed by atoms with Crippen molar-refractivity contribution in [2.75, 3.05) is 5.75 Å². The Balaban J connectivity index is 1.76. The van der Waals surface area contributed by atoms with Gasteiger partial charge in [-0.05, 0) is 37.9 Å². The molecule has 0 aromatic heterocycles. The summed E-state index contributed by atoms with van der Waals surface area (Å²) in [6.45, 7) is 0. The molecule has 1 aliphatic heterocycles. The summed E-state index contributed by atoms with van der Waals surface area (Å²) in [6.07, 6.45) is 5.32. The highest BCUT2D eigenvalue weighted by Crippen LogP contribution is 2.27. The van der Waals surface area contributed by atoms with Crippen molar-refractivity contribution in [3.8, 4) is 0 Å². The lowest BCUT2D eigenvalue weighted by atomic mass is 10.2. The summed E-state index contributed by atoms with van der Waals surface area (Å²) >= 11 is 1.79. The number of amides is 1. The van der Waals surface area contributed by atoms with E-state index in [1.54, 1.807) is 11.8 Å². The topological polar surface area (TPSA) is 55.1 Å². The molecule has 0 radical (unpaired) electrons. The average Bonchev–Trinajstić information content (AvgIpc) is 2.75. The predicted molar refractivity (Wildman–Crippen MR) is 59.2 cm³/mol. The molecule has 3 N–H and O–H groups in total. The van der Waals surface area contributed by atoms with E-state index in [2.05, 4.69) is 5.32 Å². The molecule has 1 saturated heterocycles. The van der Waals surface area contributed by atoms with Crippen LogP contribution in [0.2, 0.25) is 0 Å². The summed E-state index contributed by atoms with van der Waals surface area (Å²) in [5.41, 5.74) is 5.80. The molecule has 0 aromatic rings. The first-order valence-electron chi connectivity index (χ1n) is 5.43. The van der Waals surface area contributed by atoms with Crippen LogP contribution < -0.4 is 11.1 Å². The second-order valence-electron chi connectivity index (χ2n) is 4.28. The minimum absolute atomic E-state index is 0.215. The van der Waals surface area contributed by atoms with Gasteiger partial charge in [-0.25, -0.2) is 0 Å². The average molecular weight is 214 g/mol. The SMILES string of the molecule is NC1CCC(NC(=O)C2CCCS2)C1. The van der Waals surface area contributed by atoms with Crippen molar-refractivity contribution in [1.29, 1.82) is 0 Å². The van der Waals surface area contributed by atoms with E-state index in [4.69, 9.17) is 5.73 Å². The number of carbonyl (C=O) groups is 1. The van der Waals surface area contributed by atoms with Gasteiger partial charge in [-0.3, -0.25) is 4.79 Å². The Hall–Kier alpha value is -0.220. The van der Waals surface area contributed by atoms with Crippen LogP contribution in [0.3, 0.4) is 0 Å². The largest absolute Gasteiger partial charge is 0.352 e. The molecule has 1 saturated carbocycles. The Kier molecular flexibility index (Phi) is 3.34. The van der Waals surface area contributed by atoms with E-state index >= 15 is 0 Å². The molecule has 0 spiro atoms. The summed E-state index contributed by atoms with van der Waals surface area (Å²) in [6, 6.07) is 0.648. The van der Waals surface area contributed by atoms with Gasteiger partial charge >= 0.3 is 0 Å². The number of nitrogens with two attached hydrogens (primary N) is 1. The lowest BCUT2D eigenvalue weighted by molar-refractivity contribution is -0.121. The van der Waals surface area contributed by atoms with E-state index in [1.807, 2.05) is 0 Å². The number of hydrogen-bond donors (Lipinski definition) is 2. The maximum absolute atomic E-state index is 11.7. The lowest BCUT2D eigenvalue weighted by Crippen LogP contribution is -2.38. The fourth-order valence-corrected chi connectivity index (χ4v) is 3.40. The molecule has 3 unspecified atom stereocenters. The monoisotopic (exact) mass is 214 g/mol. The van der Waals surface area contributed by atoms with E-state index in [1.165, 1.54) is 6.42 Å². The van der Waals surface area contributed by atoms with Gasteiger partial charge in [0, 0.05) is 12.1 Å². The molecule has 1 aliphatic carbocycles. The number of thioether (sulfide) groups is 1. The van der Waals surface area contributed by atoms with E-state index in [0.29, 0.717) is 12.1 Å². The number of hydrogen-bond acceptors (Lipinski definition) is 3. The van der Waals surface area contributed by atoms with Gasteiger partial charge in [-0.15, -0.1) is 11.8 Å². The van der Waals surface area contributed by atoms with Crippen LogP contribution in [0.25, 0.3) is 0 Å². The Labute approximate surface area is 89.2 Å². The first-order chi connectivity index (χ1) is 6.75. The molecule has 3 atom stereocenters. The Morgan fingerprint density at radius 2 is 2.21 bits per heavy atom.